The molecule has 48 heavy (non-hydrogen) atoms. The highest BCUT2D eigenvalue weighted by Gasteiger charge is 2.35. The van der Waals surface area contributed by atoms with Crippen molar-refractivity contribution >= 4 is 59.3 Å². The summed E-state index contributed by atoms with van der Waals surface area (Å²) in [7, 11) is 0. The average Bonchev–Trinajstić information content (AvgIpc) is 3.54. The molecule has 0 aliphatic heterocycles. The van der Waals surface area contributed by atoms with Crippen LogP contribution in [-0.4, -0.2) is 0 Å². The van der Waals surface area contributed by atoms with Crippen molar-refractivity contribution in [1.29, 1.82) is 0 Å². The van der Waals surface area contributed by atoms with Crippen LogP contribution in [-0.2, 0) is 5.41 Å². The molecule has 1 aromatic heterocycles. The predicted molar refractivity (Wildman–Crippen MR) is 207 cm³/mol. The maximum Gasteiger partial charge on any atom is 0.0468 e. The second-order valence-corrected chi connectivity index (χ2v) is 14.4. The first-order valence-corrected chi connectivity index (χ1v) is 18.0. The van der Waals surface area contributed by atoms with Gasteiger partial charge in [-0.25, -0.2) is 0 Å². The van der Waals surface area contributed by atoms with Crippen LogP contribution in [0.1, 0.15) is 43.2 Å². The van der Waals surface area contributed by atoms with E-state index in [0.29, 0.717) is 0 Å². The minimum atomic E-state index is 0.0822. The molecule has 1 aliphatic carbocycles. The molecule has 232 valence electrons. The molecule has 8 aromatic rings. The molecule has 1 nitrogen and oxygen atoms in total. The summed E-state index contributed by atoms with van der Waals surface area (Å²) in [5.74, 6) is 0. The van der Waals surface area contributed by atoms with Crippen LogP contribution in [0.3, 0.4) is 0 Å². The molecular weight excluding hydrogens is 599 g/mol. The summed E-state index contributed by atoms with van der Waals surface area (Å²) < 4.78 is 2.66. The van der Waals surface area contributed by atoms with Gasteiger partial charge < -0.3 is 4.90 Å². The Morgan fingerprint density at radius 3 is 1.81 bits per heavy atom. The van der Waals surface area contributed by atoms with Crippen LogP contribution in [0.5, 0.6) is 0 Å². The van der Waals surface area contributed by atoms with Gasteiger partial charge in [-0.1, -0.05) is 128 Å². The van der Waals surface area contributed by atoms with Gasteiger partial charge in [-0.2, -0.15) is 0 Å². The first-order chi connectivity index (χ1) is 23.7. The van der Waals surface area contributed by atoms with E-state index in [1.807, 2.05) is 11.3 Å². The van der Waals surface area contributed by atoms with Crippen molar-refractivity contribution in [1.82, 2.24) is 0 Å². The van der Waals surface area contributed by atoms with Crippen LogP contribution in [0, 0.1) is 0 Å². The molecule has 7 aromatic carbocycles. The number of rotatable bonds is 6. The zero-order chi connectivity index (χ0) is 31.9. The lowest BCUT2D eigenvalue weighted by Crippen LogP contribution is -2.30. The van der Waals surface area contributed by atoms with Gasteiger partial charge in [0.15, 0.2) is 0 Å². The summed E-state index contributed by atoms with van der Waals surface area (Å²) in [5, 5.41) is 5.17. The monoisotopic (exact) mass is 635 g/mol. The summed E-state index contributed by atoms with van der Waals surface area (Å²) in [6.45, 7) is 0. The van der Waals surface area contributed by atoms with Gasteiger partial charge in [0, 0.05) is 42.6 Å². The van der Waals surface area contributed by atoms with Crippen molar-refractivity contribution in [3.05, 3.63) is 175 Å². The Morgan fingerprint density at radius 1 is 0.417 bits per heavy atom. The van der Waals surface area contributed by atoms with Gasteiger partial charge in [-0.15, -0.1) is 11.3 Å². The average molecular weight is 636 g/mol. The van der Waals surface area contributed by atoms with E-state index >= 15 is 0 Å². The summed E-state index contributed by atoms with van der Waals surface area (Å²) in [4.78, 5) is 2.43. The van der Waals surface area contributed by atoms with Gasteiger partial charge in [0.2, 0.25) is 0 Å². The smallest absolute Gasteiger partial charge is 0.0468 e. The number of nitrogens with zero attached hydrogens (tertiary/aromatic N) is 1. The van der Waals surface area contributed by atoms with Gasteiger partial charge in [-0.3, -0.25) is 0 Å². The fraction of sp³-hybridized carbons (Fsp3) is 0.130. The number of fused-ring (bicyclic) bond motifs is 4. The summed E-state index contributed by atoms with van der Waals surface area (Å²) in [6, 6.07) is 60.9. The third-order valence-electron chi connectivity index (χ3n) is 10.5. The minimum Gasteiger partial charge on any atom is -0.310 e. The maximum absolute atomic E-state index is 2.43. The van der Waals surface area contributed by atoms with E-state index in [-0.39, 0.29) is 5.41 Å². The lowest BCUT2D eigenvalue weighted by Gasteiger charge is -2.39. The second kappa shape index (κ2) is 12.1. The number of hydrogen-bond acceptors (Lipinski definition) is 2. The van der Waals surface area contributed by atoms with Gasteiger partial charge in [0.05, 0.1) is 0 Å². The van der Waals surface area contributed by atoms with Crippen LogP contribution in [0.4, 0.5) is 17.1 Å². The Morgan fingerprint density at radius 2 is 1.02 bits per heavy atom. The molecule has 1 heterocycles. The van der Waals surface area contributed by atoms with Crippen LogP contribution >= 0.6 is 11.3 Å². The first kappa shape index (κ1) is 29.0. The molecular formula is C46H37NS. The third kappa shape index (κ3) is 5.09. The number of hydrogen-bond donors (Lipinski definition) is 0. The van der Waals surface area contributed by atoms with E-state index < -0.39 is 0 Å². The van der Waals surface area contributed by atoms with Crippen LogP contribution in [0.25, 0.3) is 42.1 Å². The Kier molecular flexibility index (Phi) is 7.32. The van der Waals surface area contributed by atoms with Crippen LogP contribution in [0.2, 0.25) is 0 Å². The predicted octanol–water partition coefficient (Wildman–Crippen LogP) is 13.6. The summed E-state index contributed by atoms with van der Waals surface area (Å²) in [5.41, 5.74) is 8.93. The van der Waals surface area contributed by atoms with Crippen molar-refractivity contribution in [2.75, 3.05) is 4.90 Å². The minimum absolute atomic E-state index is 0.0822. The van der Waals surface area contributed by atoms with Gasteiger partial charge in [0.1, 0.15) is 0 Å². The lowest BCUT2D eigenvalue weighted by molar-refractivity contribution is 0.346. The Labute approximate surface area is 286 Å². The molecule has 0 saturated heterocycles. The molecule has 1 aliphatic rings. The normalized spacial score (nSPS) is 14.4. The quantitative estimate of drug-likeness (QED) is 0.176. The third-order valence-corrected chi connectivity index (χ3v) is 11.7. The van der Waals surface area contributed by atoms with Crippen molar-refractivity contribution in [2.45, 2.75) is 37.5 Å². The Bertz CT molecular complexity index is 2360. The highest BCUT2D eigenvalue weighted by atomic mass is 32.1. The lowest BCUT2D eigenvalue weighted by atomic mass is 9.65. The van der Waals surface area contributed by atoms with E-state index in [4.69, 9.17) is 0 Å². The molecule has 1 fully saturated rings. The molecule has 0 amide bonds. The van der Waals surface area contributed by atoms with Gasteiger partial charge >= 0.3 is 0 Å². The van der Waals surface area contributed by atoms with E-state index in [2.05, 4.69) is 169 Å². The van der Waals surface area contributed by atoms with Crippen LogP contribution in [0.15, 0.2) is 164 Å². The molecule has 0 unspecified atom stereocenters. The molecule has 1 saturated carbocycles. The molecule has 2 heteroatoms. The molecule has 0 N–H and O–H groups in total. The first-order valence-electron chi connectivity index (χ1n) is 17.2. The Hall–Kier alpha value is -5.18. The zero-order valence-corrected chi connectivity index (χ0v) is 27.8. The SMILES string of the molecule is c1ccc(C2(c3ccc(N(c4ccc(-c5ccc6ccccc6c5)cc4)c4ccc5sc6ccccc6c5c4)cc3)CCCCC2)cc1. The van der Waals surface area contributed by atoms with Gasteiger partial charge in [-0.05, 0) is 100 Å². The topological polar surface area (TPSA) is 3.24 Å². The standard InChI is InChI=1S/C46H37NS/c1-3-13-37(14-4-1)46(29-9-2-10-30-46)38-21-25-40(26-22-38)47(41-27-28-45-43(32-41)42-15-7-8-16-44(42)48-45)39-23-19-34(20-24-39)36-18-17-33-11-5-6-12-35(33)31-36/h1,3-8,11-28,31-32H,2,9-10,29-30H2. The molecule has 0 bridgehead atoms. The second-order valence-electron chi connectivity index (χ2n) is 13.3. The van der Waals surface area contributed by atoms with Gasteiger partial charge in [0.25, 0.3) is 0 Å². The van der Waals surface area contributed by atoms with Crippen LogP contribution < -0.4 is 4.90 Å². The fourth-order valence-electron chi connectivity index (χ4n) is 8.06. The van der Waals surface area contributed by atoms with Crippen molar-refractivity contribution in [3.8, 4) is 11.1 Å². The fourth-order valence-corrected chi connectivity index (χ4v) is 9.14. The largest absolute Gasteiger partial charge is 0.310 e. The highest BCUT2D eigenvalue weighted by Crippen LogP contribution is 2.46. The van der Waals surface area contributed by atoms with Crippen molar-refractivity contribution < 1.29 is 0 Å². The molecule has 0 atom stereocenters. The summed E-state index contributed by atoms with van der Waals surface area (Å²) >= 11 is 1.87. The zero-order valence-electron chi connectivity index (χ0n) is 27.0. The maximum atomic E-state index is 2.43. The molecule has 0 spiro atoms. The van der Waals surface area contributed by atoms with Crippen molar-refractivity contribution in [2.24, 2.45) is 0 Å². The van der Waals surface area contributed by atoms with E-state index in [0.717, 1.165) is 5.69 Å². The van der Waals surface area contributed by atoms with E-state index in [1.54, 1.807) is 0 Å². The number of thiophene rings is 1. The summed E-state index contributed by atoms with van der Waals surface area (Å²) in [6.07, 6.45) is 6.30. The van der Waals surface area contributed by atoms with E-state index in [9.17, 15) is 0 Å². The van der Waals surface area contributed by atoms with E-state index in [1.165, 1.54) is 96.7 Å². The van der Waals surface area contributed by atoms with Crippen molar-refractivity contribution in [3.63, 3.8) is 0 Å². The number of benzene rings is 7. The molecule has 9 rings (SSSR count). The number of anilines is 3. The molecule has 0 radical (unpaired) electrons. The highest BCUT2D eigenvalue weighted by molar-refractivity contribution is 7.25. The Balaban J connectivity index is 1.15.